The molecule has 29 heavy (non-hydrogen) atoms. The van der Waals surface area contributed by atoms with Crippen LogP contribution in [-0.4, -0.2) is 39.9 Å². The van der Waals surface area contributed by atoms with Crippen LogP contribution >= 0.6 is 11.3 Å². The summed E-state index contributed by atoms with van der Waals surface area (Å²) in [5, 5.41) is 7.63. The maximum absolute atomic E-state index is 13.2. The van der Waals surface area contributed by atoms with Gasteiger partial charge in [0.1, 0.15) is 11.5 Å². The van der Waals surface area contributed by atoms with Gasteiger partial charge in [0.2, 0.25) is 5.91 Å². The number of fused-ring (bicyclic) bond motifs is 1. The molecule has 4 heterocycles. The number of halogens is 3. The molecule has 9 heteroatoms. The summed E-state index contributed by atoms with van der Waals surface area (Å²) < 4.78 is 39.7. The van der Waals surface area contributed by atoms with Gasteiger partial charge in [0.05, 0.1) is 5.52 Å². The summed E-state index contributed by atoms with van der Waals surface area (Å²) in [5.41, 5.74) is 0.718. The van der Waals surface area contributed by atoms with E-state index in [1.54, 1.807) is 18.0 Å². The van der Waals surface area contributed by atoms with E-state index in [1.807, 2.05) is 16.8 Å². The van der Waals surface area contributed by atoms with Crippen molar-refractivity contribution < 1.29 is 18.0 Å². The highest BCUT2D eigenvalue weighted by atomic mass is 32.1. The zero-order valence-corrected chi connectivity index (χ0v) is 16.5. The first-order chi connectivity index (χ1) is 13.8. The highest BCUT2D eigenvalue weighted by Gasteiger charge is 2.33. The molecule has 4 rings (SSSR count). The number of amides is 1. The molecule has 0 atom stereocenters. The molecule has 0 radical (unpaired) electrons. The monoisotopic (exact) mass is 420 g/mol. The first kappa shape index (κ1) is 19.6. The summed E-state index contributed by atoms with van der Waals surface area (Å²) in [7, 11) is 0. The van der Waals surface area contributed by atoms with Crippen LogP contribution < -0.4 is 5.32 Å². The Kier molecular flexibility index (Phi) is 5.16. The molecule has 0 aromatic carbocycles. The molecule has 152 valence electrons. The maximum atomic E-state index is 13.2. The topological polar surface area (TPSA) is 58.1 Å². The first-order valence-corrected chi connectivity index (χ1v) is 10.2. The van der Waals surface area contributed by atoms with Gasteiger partial charge in [-0.15, -0.1) is 0 Å². The number of nitrogens with zero attached hydrogens (tertiary/aromatic N) is 3. The highest BCUT2D eigenvalue weighted by molar-refractivity contribution is 7.08. The van der Waals surface area contributed by atoms with E-state index in [2.05, 4.69) is 15.3 Å². The van der Waals surface area contributed by atoms with E-state index in [0.29, 0.717) is 29.9 Å². The number of piperidine rings is 1. The number of likely N-dealkylation sites (tertiary alicyclic amines) is 1. The van der Waals surface area contributed by atoms with Crippen LogP contribution in [0.3, 0.4) is 0 Å². The Hall–Kier alpha value is -2.68. The Morgan fingerprint density at radius 3 is 2.62 bits per heavy atom. The fourth-order valence-corrected chi connectivity index (χ4v) is 4.21. The van der Waals surface area contributed by atoms with Gasteiger partial charge in [-0.25, -0.2) is 9.97 Å². The number of aromatic nitrogens is 2. The minimum atomic E-state index is -4.52. The number of anilines is 1. The van der Waals surface area contributed by atoms with E-state index in [1.165, 1.54) is 17.4 Å². The third kappa shape index (κ3) is 4.05. The molecule has 5 nitrogen and oxygen atoms in total. The van der Waals surface area contributed by atoms with Crippen molar-refractivity contribution in [3.8, 4) is 11.1 Å². The van der Waals surface area contributed by atoms with Crippen molar-refractivity contribution in [1.29, 1.82) is 0 Å². The summed E-state index contributed by atoms with van der Waals surface area (Å²) >= 11 is 1.46. The lowest BCUT2D eigenvalue weighted by Crippen LogP contribution is -2.41. The largest absolute Gasteiger partial charge is 0.433 e. The fourth-order valence-electron chi connectivity index (χ4n) is 3.55. The maximum Gasteiger partial charge on any atom is 0.433 e. The predicted molar refractivity (Wildman–Crippen MR) is 107 cm³/mol. The lowest BCUT2D eigenvalue weighted by Gasteiger charge is -2.32. The van der Waals surface area contributed by atoms with Gasteiger partial charge in [-0.05, 0) is 47.4 Å². The Bertz CT molecular complexity index is 1030. The van der Waals surface area contributed by atoms with Crippen molar-refractivity contribution in [3.05, 3.63) is 40.8 Å². The van der Waals surface area contributed by atoms with E-state index in [-0.39, 0.29) is 17.5 Å². The lowest BCUT2D eigenvalue weighted by molar-refractivity contribution is -0.141. The molecular weight excluding hydrogens is 401 g/mol. The molecule has 3 aromatic heterocycles. The van der Waals surface area contributed by atoms with Gasteiger partial charge >= 0.3 is 6.18 Å². The van der Waals surface area contributed by atoms with Crippen molar-refractivity contribution in [2.75, 3.05) is 18.4 Å². The van der Waals surface area contributed by atoms with Crippen LogP contribution in [0.4, 0.5) is 19.0 Å². The minimum absolute atomic E-state index is 0.0519. The Balaban J connectivity index is 1.70. The van der Waals surface area contributed by atoms with Gasteiger partial charge < -0.3 is 10.2 Å². The smallest absolute Gasteiger partial charge is 0.367 e. The van der Waals surface area contributed by atoms with Crippen LogP contribution in [0.5, 0.6) is 0 Å². The van der Waals surface area contributed by atoms with Gasteiger partial charge in [0.25, 0.3) is 0 Å². The number of rotatable bonds is 3. The zero-order chi connectivity index (χ0) is 20.6. The van der Waals surface area contributed by atoms with Crippen LogP contribution in [0.25, 0.3) is 22.0 Å². The van der Waals surface area contributed by atoms with Crippen molar-refractivity contribution in [2.24, 2.45) is 0 Å². The number of pyridine rings is 2. The van der Waals surface area contributed by atoms with E-state index in [0.717, 1.165) is 24.5 Å². The Morgan fingerprint density at radius 2 is 2.00 bits per heavy atom. The molecule has 0 aliphatic carbocycles. The zero-order valence-electron chi connectivity index (χ0n) is 15.7. The van der Waals surface area contributed by atoms with Crippen molar-refractivity contribution >= 4 is 34.0 Å². The summed E-state index contributed by atoms with van der Waals surface area (Å²) in [6.07, 6.45) is -1.44. The summed E-state index contributed by atoms with van der Waals surface area (Å²) in [6.45, 7) is 2.85. The van der Waals surface area contributed by atoms with Crippen LogP contribution in [-0.2, 0) is 11.0 Å². The average Bonchev–Trinajstić information content (AvgIpc) is 3.22. The molecule has 1 fully saturated rings. The average molecular weight is 420 g/mol. The van der Waals surface area contributed by atoms with E-state index >= 15 is 0 Å². The fraction of sp³-hybridized carbons (Fsp3) is 0.350. The highest BCUT2D eigenvalue weighted by Crippen LogP contribution is 2.35. The third-order valence-corrected chi connectivity index (χ3v) is 5.82. The second-order valence-electron chi connectivity index (χ2n) is 7.05. The Morgan fingerprint density at radius 1 is 1.24 bits per heavy atom. The second-order valence-corrected chi connectivity index (χ2v) is 7.83. The molecule has 1 aliphatic heterocycles. The molecule has 0 saturated carbocycles. The Labute approximate surface area is 169 Å². The molecule has 0 unspecified atom stereocenters. The van der Waals surface area contributed by atoms with E-state index in [9.17, 15) is 18.0 Å². The molecule has 1 N–H and O–H groups in total. The van der Waals surface area contributed by atoms with E-state index < -0.39 is 11.9 Å². The number of carbonyl (C=O) groups is 1. The standard InChI is InChI=1S/C20H19F3N4OS/c1-12(28)27-7-4-14(5-8-27)25-19-15-2-3-17(20(21,22)23)26-18(15)16(10-24-19)13-6-9-29-11-13/h2-3,6,9-11,14H,4-5,7-8H2,1H3,(H,24,25). The molecular formula is C20H19F3N4OS. The third-order valence-electron chi connectivity index (χ3n) is 5.13. The second kappa shape index (κ2) is 7.62. The normalized spacial score (nSPS) is 15.7. The number of carbonyl (C=O) groups excluding carboxylic acids is 1. The van der Waals surface area contributed by atoms with Gasteiger partial charge in [0, 0.05) is 43.2 Å². The summed E-state index contributed by atoms with van der Waals surface area (Å²) in [6, 6.07) is 4.36. The summed E-state index contributed by atoms with van der Waals surface area (Å²) in [5.74, 6) is 0.567. The van der Waals surface area contributed by atoms with Crippen LogP contribution in [0.2, 0.25) is 0 Å². The van der Waals surface area contributed by atoms with Gasteiger partial charge in [-0.1, -0.05) is 0 Å². The number of hydrogen-bond donors (Lipinski definition) is 1. The van der Waals surface area contributed by atoms with Crippen molar-refractivity contribution in [3.63, 3.8) is 0 Å². The first-order valence-electron chi connectivity index (χ1n) is 9.24. The molecule has 0 spiro atoms. The molecule has 1 amide bonds. The quantitative estimate of drug-likeness (QED) is 0.661. The molecule has 3 aromatic rings. The minimum Gasteiger partial charge on any atom is -0.367 e. The number of thiophene rings is 1. The van der Waals surface area contributed by atoms with Crippen molar-refractivity contribution in [2.45, 2.75) is 32.0 Å². The SMILES string of the molecule is CC(=O)N1CCC(Nc2ncc(-c3ccsc3)c3nc(C(F)(F)F)ccc23)CC1. The van der Waals surface area contributed by atoms with Crippen LogP contribution in [0, 0.1) is 0 Å². The van der Waals surface area contributed by atoms with E-state index in [4.69, 9.17) is 0 Å². The lowest BCUT2D eigenvalue weighted by atomic mass is 10.0. The molecule has 1 aliphatic rings. The van der Waals surface area contributed by atoms with Gasteiger partial charge in [0.15, 0.2) is 0 Å². The summed E-state index contributed by atoms with van der Waals surface area (Å²) in [4.78, 5) is 21.7. The molecule has 1 saturated heterocycles. The number of alkyl halides is 3. The number of nitrogens with one attached hydrogen (secondary N) is 1. The van der Waals surface area contributed by atoms with Crippen LogP contribution in [0.1, 0.15) is 25.5 Å². The van der Waals surface area contributed by atoms with Crippen molar-refractivity contribution in [1.82, 2.24) is 14.9 Å². The predicted octanol–water partition coefficient (Wildman–Crippen LogP) is 4.80. The number of hydrogen-bond acceptors (Lipinski definition) is 5. The molecule has 0 bridgehead atoms. The van der Waals surface area contributed by atoms with Crippen LogP contribution in [0.15, 0.2) is 35.2 Å². The van der Waals surface area contributed by atoms with Gasteiger partial charge in [-0.2, -0.15) is 24.5 Å². The van der Waals surface area contributed by atoms with Gasteiger partial charge in [-0.3, -0.25) is 4.79 Å².